The summed E-state index contributed by atoms with van der Waals surface area (Å²) in [6.45, 7) is 5.14. The predicted octanol–water partition coefficient (Wildman–Crippen LogP) is 2.34. The number of anilines is 1. The molecule has 2 rings (SSSR count). The summed E-state index contributed by atoms with van der Waals surface area (Å²) in [6.07, 6.45) is 0.713. The summed E-state index contributed by atoms with van der Waals surface area (Å²) in [4.78, 5) is 18.2. The number of likely N-dealkylation sites (N-methyl/N-ethyl adjacent to an activating group) is 1. The third-order valence-electron chi connectivity index (χ3n) is 3.08. The molecule has 0 saturated heterocycles. The van der Waals surface area contributed by atoms with E-state index < -0.39 is 0 Å². The van der Waals surface area contributed by atoms with Crippen LogP contribution in [0.2, 0.25) is 0 Å². The smallest absolute Gasteiger partial charge is 0.239 e. The zero-order valence-electron chi connectivity index (χ0n) is 13.2. The van der Waals surface area contributed by atoms with E-state index in [4.69, 9.17) is 0 Å². The van der Waals surface area contributed by atoms with Gasteiger partial charge in [0, 0.05) is 31.5 Å². The first-order valence-electron chi connectivity index (χ1n) is 7.39. The van der Waals surface area contributed by atoms with Gasteiger partial charge in [-0.2, -0.15) is 4.37 Å². The quantitative estimate of drug-likeness (QED) is 0.851. The molecule has 0 bridgehead atoms. The number of benzene rings is 1. The Morgan fingerprint density at radius 3 is 2.73 bits per heavy atom. The fourth-order valence-electron chi connectivity index (χ4n) is 1.91. The van der Waals surface area contributed by atoms with E-state index in [0.29, 0.717) is 25.4 Å². The molecule has 0 saturated carbocycles. The van der Waals surface area contributed by atoms with E-state index in [1.165, 1.54) is 17.1 Å². The van der Waals surface area contributed by atoms with E-state index in [-0.39, 0.29) is 5.91 Å². The molecule has 0 radical (unpaired) electrons. The van der Waals surface area contributed by atoms with Gasteiger partial charge in [0.25, 0.3) is 0 Å². The molecule has 22 heavy (non-hydrogen) atoms. The largest absolute Gasteiger partial charge is 0.354 e. The molecule has 0 aliphatic heterocycles. The first-order valence-corrected chi connectivity index (χ1v) is 8.16. The minimum absolute atomic E-state index is 0.0102. The van der Waals surface area contributed by atoms with Crippen molar-refractivity contribution in [2.24, 2.45) is 5.92 Å². The van der Waals surface area contributed by atoms with Crippen molar-refractivity contribution in [3.63, 3.8) is 0 Å². The van der Waals surface area contributed by atoms with Crippen molar-refractivity contribution in [3.05, 3.63) is 41.7 Å². The summed E-state index contributed by atoms with van der Waals surface area (Å²) < 4.78 is 4.37. The molecular formula is C16H22N4OS. The fourth-order valence-corrected chi connectivity index (χ4v) is 2.55. The monoisotopic (exact) mass is 318 g/mol. The summed E-state index contributed by atoms with van der Waals surface area (Å²) in [5, 5.41) is 3.67. The number of carbonyl (C=O) groups excluding carboxylic acids is 1. The standard InChI is InChI=1S/C16H22N4OS/c1-12(2)10-17-15(21)11-20(3)16-18-14(19-22-16)9-13-7-5-4-6-8-13/h4-8,12H,9-11H2,1-3H3,(H,17,21). The maximum absolute atomic E-state index is 11.8. The number of rotatable bonds is 7. The third-order valence-corrected chi connectivity index (χ3v) is 3.95. The van der Waals surface area contributed by atoms with Crippen LogP contribution in [-0.4, -0.2) is 35.4 Å². The van der Waals surface area contributed by atoms with Crippen molar-refractivity contribution in [3.8, 4) is 0 Å². The molecule has 118 valence electrons. The van der Waals surface area contributed by atoms with E-state index in [1.807, 2.05) is 30.1 Å². The van der Waals surface area contributed by atoms with Gasteiger partial charge in [0.15, 0.2) is 0 Å². The number of aromatic nitrogens is 2. The number of nitrogens with zero attached hydrogens (tertiary/aromatic N) is 3. The number of hydrogen-bond acceptors (Lipinski definition) is 5. The summed E-state index contributed by atoms with van der Waals surface area (Å²) in [7, 11) is 1.86. The average molecular weight is 318 g/mol. The van der Waals surface area contributed by atoms with Crippen LogP contribution < -0.4 is 10.2 Å². The molecular weight excluding hydrogens is 296 g/mol. The third kappa shape index (κ3) is 5.11. The van der Waals surface area contributed by atoms with Crippen LogP contribution in [0.15, 0.2) is 30.3 Å². The van der Waals surface area contributed by atoms with Crippen LogP contribution in [0.1, 0.15) is 25.2 Å². The maximum Gasteiger partial charge on any atom is 0.239 e. The number of nitrogens with one attached hydrogen (secondary N) is 1. The van der Waals surface area contributed by atoms with Gasteiger partial charge < -0.3 is 10.2 Å². The Bertz CT molecular complexity index is 597. The molecule has 0 aliphatic carbocycles. The Hall–Kier alpha value is -1.95. The van der Waals surface area contributed by atoms with Crippen LogP contribution in [0.4, 0.5) is 5.13 Å². The van der Waals surface area contributed by atoms with Crippen LogP contribution >= 0.6 is 11.5 Å². The molecule has 0 atom stereocenters. The Kier molecular flexibility index (Phi) is 5.89. The van der Waals surface area contributed by atoms with Gasteiger partial charge in [0.1, 0.15) is 5.82 Å². The van der Waals surface area contributed by atoms with Crippen molar-refractivity contribution >= 4 is 22.6 Å². The fraction of sp³-hybridized carbons (Fsp3) is 0.438. The van der Waals surface area contributed by atoms with Crippen molar-refractivity contribution in [1.82, 2.24) is 14.7 Å². The lowest BCUT2D eigenvalue weighted by Gasteiger charge is -2.15. The summed E-state index contributed by atoms with van der Waals surface area (Å²) in [5.41, 5.74) is 1.18. The van der Waals surface area contributed by atoms with Crippen molar-refractivity contribution in [1.29, 1.82) is 0 Å². The maximum atomic E-state index is 11.8. The van der Waals surface area contributed by atoms with Gasteiger partial charge in [-0.1, -0.05) is 44.2 Å². The Balaban J connectivity index is 1.89. The lowest BCUT2D eigenvalue weighted by molar-refractivity contribution is -0.119. The second-order valence-electron chi connectivity index (χ2n) is 5.71. The first-order chi connectivity index (χ1) is 10.5. The van der Waals surface area contributed by atoms with Gasteiger partial charge in [-0.15, -0.1) is 0 Å². The molecule has 1 N–H and O–H groups in total. The summed E-state index contributed by atoms with van der Waals surface area (Å²) in [5.74, 6) is 1.25. The lowest BCUT2D eigenvalue weighted by atomic mass is 10.1. The number of hydrogen-bond donors (Lipinski definition) is 1. The molecule has 2 aromatic rings. The van der Waals surface area contributed by atoms with E-state index in [2.05, 4.69) is 40.7 Å². The number of carbonyl (C=O) groups is 1. The van der Waals surface area contributed by atoms with Crippen molar-refractivity contribution in [2.75, 3.05) is 25.0 Å². The summed E-state index contributed by atoms with van der Waals surface area (Å²) in [6, 6.07) is 10.1. The second kappa shape index (κ2) is 7.89. The van der Waals surface area contributed by atoms with E-state index in [0.717, 1.165) is 11.0 Å². The highest BCUT2D eigenvalue weighted by Crippen LogP contribution is 2.17. The molecule has 0 fully saturated rings. The zero-order valence-corrected chi connectivity index (χ0v) is 14.1. The van der Waals surface area contributed by atoms with Gasteiger partial charge in [-0.05, 0) is 11.5 Å². The Labute approximate surface area is 135 Å². The van der Waals surface area contributed by atoms with E-state index in [9.17, 15) is 4.79 Å². The average Bonchev–Trinajstić information content (AvgIpc) is 2.95. The highest BCUT2D eigenvalue weighted by Gasteiger charge is 2.12. The molecule has 1 aromatic carbocycles. The predicted molar refractivity (Wildman–Crippen MR) is 90.3 cm³/mol. The Morgan fingerprint density at radius 1 is 1.32 bits per heavy atom. The molecule has 0 spiro atoms. The van der Waals surface area contributed by atoms with Crippen LogP contribution in [0.3, 0.4) is 0 Å². The van der Waals surface area contributed by atoms with Crippen LogP contribution in [0, 0.1) is 5.92 Å². The molecule has 1 amide bonds. The van der Waals surface area contributed by atoms with Crippen LogP contribution in [0.5, 0.6) is 0 Å². The van der Waals surface area contributed by atoms with Gasteiger partial charge in [-0.3, -0.25) is 4.79 Å². The van der Waals surface area contributed by atoms with Gasteiger partial charge in [0.2, 0.25) is 11.0 Å². The first kappa shape index (κ1) is 16.4. The SMILES string of the molecule is CC(C)CNC(=O)CN(C)c1nc(Cc2ccccc2)ns1. The molecule has 0 aliphatic rings. The molecule has 6 heteroatoms. The molecule has 1 heterocycles. The number of amides is 1. The van der Waals surface area contributed by atoms with Crippen LogP contribution in [-0.2, 0) is 11.2 Å². The second-order valence-corrected chi connectivity index (χ2v) is 6.44. The highest BCUT2D eigenvalue weighted by atomic mass is 32.1. The minimum atomic E-state index is 0.0102. The van der Waals surface area contributed by atoms with Crippen molar-refractivity contribution < 1.29 is 4.79 Å². The molecule has 1 aromatic heterocycles. The van der Waals surface area contributed by atoms with E-state index >= 15 is 0 Å². The molecule has 5 nitrogen and oxygen atoms in total. The van der Waals surface area contributed by atoms with Crippen molar-refractivity contribution in [2.45, 2.75) is 20.3 Å². The van der Waals surface area contributed by atoms with Gasteiger partial charge in [-0.25, -0.2) is 4.98 Å². The highest BCUT2D eigenvalue weighted by molar-refractivity contribution is 7.09. The summed E-state index contributed by atoms with van der Waals surface area (Å²) >= 11 is 1.33. The topological polar surface area (TPSA) is 58.1 Å². The lowest BCUT2D eigenvalue weighted by Crippen LogP contribution is -2.36. The van der Waals surface area contributed by atoms with E-state index in [1.54, 1.807) is 0 Å². The normalized spacial score (nSPS) is 10.7. The van der Waals surface area contributed by atoms with Gasteiger partial charge in [0.05, 0.1) is 6.54 Å². The Morgan fingerprint density at radius 2 is 2.05 bits per heavy atom. The van der Waals surface area contributed by atoms with Crippen LogP contribution in [0.25, 0.3) is 0 Å². The minimum Gasteiger partial charge on any atom is -0.354 e. The van der Waals surface area contributed by atoms with Gasteiger partial charge >= 0.3 is 0 Å². The zero-order chi connectivity index (χ0) is 15.9. The molecule has 0 unspecified atom stereocenters.